The first-order valence-electron chi connectivity index (χ1n) is 5.50. The maximum atomic E-state index is 9.67. The second-order valence-corrected chi connectivity index (χ2v) is 3.77. The van der Waals surface area contributed by atoms with Crippen LogP contribution >= 0.6 is 0 Å². The average molecular weight is 218 g/mol. The molecule has 1 atom stereocenters. The van der Waals surface area contributed by atoms with Crippen molar-refractivity contribution in [3.05, 3.63) is 0 Å². The van der Waals surface area contributed by atoms with E-state index >= 15 is 0 Å². The van der Waals surface area contributed by atoms with Gasteiger partial charge in [0.05, 0.1) is 25.9 Å². The van der Waals surface area contributed by atoms with E-state index < -0.39 is 0 Å². The Morgan fingerprint density at radius 1 is 1.33 bits per heavy atom. The predicted octanol–water partition coefficient (Wildman–Crippen LogP) is -1.08. The molecule has 5 heteroatoms. The zero-order valence-corrected chi connectivity index (χ0v) is 9.45. The van der Waals surface area contributed by atoms with Gasteiger partial charge in [-0.1, -0.05) is 0 Å². The van der Waals surface area contributed by atoms with E-state index in [2.05, 4.69) is 10.2 Å². The number of methoxy groups -OCH3 is 1. The van der Waals surface area contributed by atoms with Gasteiger partial charge in [-0.25, -0.2) is 0 Å². The van der Waals surface area contributed by atoms with E-state index in [1.54, 1.807) is 7.11 Å². The summed E-state index contributed by atoms with van der Waals surface area (Å²) >= 11 is 0. The molecule has 0 bridgehead atoms. The van der Waals surface area contributed by atoms with Crippen LogP contribution in [0.3, 0.4) is 0 Å². The second kappa shape index (κ2) is 8.01. The van der Waals surface area contributed by atoms with Crippen LogP contribution in [0, 0.1) is 0 Å². The Morgan fingerprint density at radius 2 is 2.07 bits per heavy atom. The molecule has 1 heterocycles. The van der Waals surface area contributed by atoms with Gasteiger partial charge in [0.2, 0.25) is 0 Å². The van der Waals surface area contributed by atoms with E-state index in [4.69, 9.17) is 9.47 Å². The van der Waals surface area contributed by atoms with Crippen LogP contribution in [0.25, 0.3) is 0 Å². The van der Waals surface area contributed by atoms with Crippen molar-refractivity contribution in [1.29, 1.82) is 0 Å². The minimum absolute atomic E-state index is 0.389. The Labute approximate surface area is 91.3 Å². The van der Waals surface area contributed by atoms with Crippen LogP contribution in [0.1, 0.15) is 0 Å². The largest absolute Gasteiger partial charge is 0.389 e. The summed E-state index contributed by atoms with van der Waals surface area (Å²) in [4.78, 5) is 2.25. The maximum Gasteiger partial charge on any atom is 0.0900 e. The normalized spacial score (nSPS) is 20.4. The summed E-state index contributed by atoms with van der Waals surface area (Å²) in [5, 5.41) is 12.9. The molecule has 1 rings (SSSR count). The van der Waals surface area contributed by atoms with Crippen LogP contribution < -0.4 is 5.32 Å². The van der Waals surface area contributed by atoms with Gasteiger partial charge in [-0.15, -0.1) is 0 Å². The Hall–Kier alpha value is -0.200. The first kappa shape index (κ1) is 12.9. The molecule has 5 nitrogen and oxygen atoms in total. The summed E-state index contributed by atoms with van der Waals surface area (Å²) < 4.78 is 10.1. The zero-order chi connectivity index (χ0) is 10.9. The third-order valence-electron chi connectivity index (χ3n) is 2.42. The third-order valence-corrected chi connectivity index (χ3v) is 2.42. The molecule has 0 aromatic carbocycles. The van der Waals surface area contributed by atoms with Crippen molar-refractivity contribution in [1.82, 2.24) is 10.2 Å². The predicted molar refractivity (Wildman–Crippen MR) is 58.0 cm³/mol. The molecule has 15 heavy (non-hydrogen) atoms. The smallest absolute Gasteiger partial charge is 0.0900 e. The van der Waals surface area contributed by atoms with Gasteiger partial charge < -0.3 is 19.9 Å². The van der Waals surface area contributed by atoms with Crippen molar-refractivity contribution >= 4 is 0 Å². The molecule has 1 aliphatic heterocycles. The average Bonchev–Trinajstić information content (AvgIpc) is 2.26. The topological polar surface area (TPSA) is 54.0 Å². The summed E-state index contributed by atoms with van der Waals surface area (Å²) in [6, 6.07) is 0. The lowest BCUT2D eigenvalue weighted by Gasteiger charge is -2.28. The number of rotatable bonds is 7. The van der Waals surface area contributed by atoms with Crippen LogP contribution in [0.5, 0.6) is 0 Å². The van der Waals surface area contributed by atoms with Gasteiger partial charge in [0, 0.05) is 39.8 Å². The maximum absolute atomic E-state index is 9.67. The highest BCUT2D eigenvalue weighted by molar-refractivity contribution is 4.70. The minimum Gasteiger partial charge on any atom is -0.389 e. The number of nitrogens with one attached hydrogen (secondary N) is 1. The van der Waals surface area contributed by atoms with E-state index in [1.807, 2.05) is 0 Å². The highest BCUT2D eigenvalue weighted by atomic mass is 16.5. The molecule has 90 valence electrons. The van der Waals surface area contributed by atoms with Crippen LogP contribution in [0.15, 0.2) is 0 Å². The van der Waals surface area contributed by atoms with E-state index in [9.17, 15) is 5.11 Å². The van der Waals surface area contributed by atoms with Crippen LogP contribution in [0.4, 0.5) is 0 Å². The molecule has 1 saturated heterocycles. The number of aliphatic hydroxyl groups is 1. The molecule has 2 N–H and O–H groups in total. The highest BCUT2D eigenvalue weighted by Gasteiger charge is 2.13. The second-order valence-electron chi connectivity index (χ2n) is 3.77. The lowest BCUT2D eigenvalue weighted by atomic mass is 10.3. The first-order valence-corrected chi connectivity index (χ1v) is 5.50. The minimum atomic E-state index is -0.389. The van der Waals surface area contributed by atoms with Gasteiger partial charge in [-0.05, 0) is 0 Å². The number of β-amino-alcohol motifs (C(OH)–C–C–N with tert-alkyl or cyclic N) is 1. The lowest BCUT2D eigenvalue weighted by Crippen LogP contribution is -2.47. The Bertz CT molecular complexity index is 152. The molecule has 0 radical (unpaired) electrons. The standard InChI is InChI=1S/C10H22N2O3/c1-14-6-7-15-9-10(13)8-12-4-2-11-3-5-12/h10-11,13H,2-9H2,1H3. The highest BCUT2D eigenvalue weighted by Crippen LogP contribution is 1.96. The molecule has 1 unspecified atom stereocenters. The molecule has 0 spiro atoms. The Balaban J connectivity index is 1.98. The van der Waals surface area contributed by atoms with Crippen molar-refractivity contribution in [2.45, 2.75) is 6.10 Å². The van der Waals surface area contributed by atoms with Crippen molar-refractivity contribution in [2.75, 3.05) is 59.7 Å². The number of nitrogens with zero attached hydrogens (tertiary/aromatic N) is 1. The van der Waals surface area contributed by atoms with Crippen molar-refractivity contribution in [3.63, 3.8) is 0 Å². The van der Waals surface area contributed by atoms with Gasteiger partial charge in [-0.2, -0.15) is 0 Å². The fraction of sp³-hybridized carbons (Fsp3) is 1.00. The number of hydrogen-bond acceptors (Lipinski definition) is 5. The first-order chi connectivity index (χ1) is 7.33. The SMILES string of the molecule is COCCOCC(O)CN1CCNCC1. The number of aliphatic hydroxyl groups excluding tert-OH is 1. The molecule has 0 aromatic rings. The van der Waals surface area contributed by atoms with Gasteiger partial charge in [0.1, 0.15) is 0 Å². The summed E-state index contributed by atoms with van der Waals surface area (Å²) in [7, 11) is 1.64. The third kappa shape index (κ3) is 6.06. The summed E-state index contributed by atoms with van der Waals surface area (Å²) in [5.41, 5.74) is 0. The summed E-state index contributed by atoms with van der Waals surface area (Å²) in [6.45, 7) is 6.27. The monoisotopic (exact) mass is 218 g/mol. The van der Waals surface area contributed by atoms with E-state index in [0.29, 0.717) is 26.4 Å². The summed E-state index contributed by atoms with van der Waals surface area (Å²) in [5.74, 6) is 0. The molecule has 0 amide bonds. The van der Waals surface area contributed by atoms with E-state index in [-0.39, 0.29) is 6.10 Å². The van der Waals surface area contributed by atoms with Gasteiger partial charge in [0.15, 0.2) is 0 Å². The van der Waals surface area contributed by atoms with Crippen molar-refractivity contribution in [2.24, 2.45) is 0 Å². The van der Waals surface area contributed by atoms with Gasteiger partial charge >= 0.3 is 0 Å². The quantitative estimate of drug-likeness (QED) is 0.532. The van der Waals surface area contributed by atoms with Crippen LogP contribution in [0.2, 0.25) is 0 Å². The Kier molecular flexibility index (Phi) is 6.87. The molecule has 1 fully saturated rings. The molecular weight excluding hydrogens is 196 g/mol. The van der Waals surface area contributed by atoms with E-state index in [0.717, 1.165) is 26.2 Å². The fourth-order valence-corrected chi connectivity index (χ4v) is 1.61. The molecular formula is C10H22N2O3. The van der Waals surface area contributed by atoms with Crippen LogP contribution in [-0.2, 0) is 9.47 Å². The lowest BCUT2D eigenvalue weighted by molar-refractivity contribution is -0.00177. The Morgan fingerprint density at radius 3 is 2.73 bits per heavy atom. The van der Waals surface area contributed by atoms with Gasteiger partial charge in [0.25, 0.3) is 0 Å². The number of piperazine rings is 1. The van der Waals surface area contributed by atoms with Crippen molar-refractivity contribution in [3.8, 4) is 0 Å². The number of ether oxygens (including phenoxy) is 2. The molecule has 0 aliphatic carbocycles. The summed E-state index contributed by atoms with van der Waals surface area (Å²) in [6.07, 6.45) is -0.389. The fourth-order valence-electron chi connectivity index (χ4n) is 1.61. The van der Waals surface area contributed by atoms with Gasteiger partial charge in [-0.3, -0.25) is 4.90 Å². The molecule has 0 aromatic heterocycles. The zero-order valence-electron chi connectivity index (χ0n) is 9.45. The van der Waals surface area contributed by atoms with Crippen molar-refractivity contribution < 1.29 is 14.6 Å². The van der Waals surface area contributed by atoms with Crippen LogP contribution in [-0.4, -0.2) is 75.8 Å². The van der Waals surface area contributed by atoms with E-state index in [1.165, 1.54) is 0 Å². The molecule has 1 aliphatic rings. The number of hydrogen-bond donors (Lipinski definition) is 2. The molecule has 0 saturated carbocycles.